The molecule has 20 heavy (non-hydrogen) atoms. The standard InChI is InChI=1S/C16H22N2O2/c1-13-4-3-5-15(10-13)11-16(20)18-8-6-17(7-9-18)12-14(2)19/h3-5,10H,6-9,11-12H2,1-2H3. The first-order chi connectivity index (χ1) is 9.54. The predicted octanol–water partition coefficient (Wildman–Crippen LogP) is 1.27. The molecular formula is C16H22N2O2. The molecule has 1 aliphatic rings. The summed E-state index contributed by atoms with van der Waals surface area (Å²) in [6.07, 6.45) is 0.467. The van der Waals surface area contributed by atoms with Crippen LogP contribution in [0, 0.1) is 6.92 Å². The number of piperazine rings is 1. The van der Waals surface area contributed by atoms with Crippen molar-refractivity contribution in [1.29, 1.82) is 0 Å². The van der Waals surface area contributed by atoms with E-state index in [-0.39, 0.29) is 11.7 Å². The summed E-state index contributed by atoms with van der Waals surface area (Å²) in [5.41, 5.74) is 2.25. The van der Waals surface area contributed by atoms with Gasteiger partial charge in [-0.15, -0.1) is 0 Å². The minimum absolute atomic E-state index is 0.179. The van der Waals surface area contributed by atoms with Crippen molar-refractivity contribution in [3.05, 3.63) is 35.4 Å². The quantitative estimate of drug-likeness (QED) is 0.830. The van der Waals surface area contributed by atoms with Crippen molar-refractivity contribution in [2.75, 3.05) is 32.7 Å². The third kappa shape index (κ3) is 4.17. The highest BCUT2D eigenvalue weighted by Crippen LogP contribution is 2.09. The van der Waals surface area contributed by atoms with Gasteiger partial charge in [0.05, 0.1) is 13.0 Å². The molecule has 0 aliphatic carbocycles. The SMILES string of the molecule is CC(=O)CN1CCN(C(=O)Cc2cccc(C)c2)CC1. The lowest BCUT2D eigenvalue weighted by molar-refractivity contribution is -0.132. The molecule has 0 unspecified atom stereocenters. The van der Waals surface area contributed by atoms with Crippen LogP contribution in [-0.2, 0) is 16.0 Å². The Bertz CT molecular complexity index is 491. The first-order valence-electron chi connectivity index (χ1n) is 7.10. The number of benzene rings is 1. The molecule has 0 radical (unpaired) electrons. The molecule has 4 heteroatoms. The van der Waals surface area contributed by atoms with E-state index < -0.39 is 0 Å². The first-order valence-corrected chi connectivity index (χ1v) is 7.10. The molecule has 1 saturated heterocycles. The third-order valence-electron chi connectivity index (χ3n) is 3.61. The van der Waals surface area contributed by atoms with Gasteiger partial charge in [0.15, 0.2) is 0 Å². The van der Waals surface area contributed by atoms with Crippen LogP contribution in [0.4, 0.5) is 0 Å². The normalized spacial score (nSPS) is 16.2. The van der Waals surface area contributed by atoms with Crippen molar-refractivity contribution >= 4 is 11.7 Å². The predicted molar refractivity (Wildman–Crippen MR) is 78.6 cm³/mol. The van der Waals surface area contributed by atoms with Gasteiger partial charge < -0.3 is 4.90 Å². The number of hydrogen-bond acceptors (Lipinski definition) is 3. The number of amides is 1. The maximum Gasteiger partial charge on any atom is 0.227 e. The Morgan fingerprint density at radius 3 is 2.45 bits per heavy atom. The highest BCUT2D eigenvalue weighted by atomic mass is 16.2. The summed E-state index contributed by atoms with van der Waals surface area (Å²) in [5.74, 6) is 0.364. The van der Waals surface area contributed by atoms with E-state index in [0.29, 0.717) is 13.0 Å². The summed E-state index contributed by atoms with van der Waals surface area (Å²) in [6.45, 7) is 7.16. The molecule has 0 atom stereocenters. The van der Waals surface area contributed by atoms with Crippen LogP contribution in [0.2, 0.25) is 0 Å². The summed E-state index contributed by atoms with van der Waals surface area (Å²) >= 11 is 0. The second kappa shape index (κ2) is 6.66. The lowest BCUT2D eigenvalue weighted by Crippen LogP contribution is -2.50. The molecule has 4 nitrogen and oxygen atoms in total. The maximum atomic E-state index is 12.2. The largest absolute Gasteiger partial charge is 0.340 e. The Labute approximate surface area is 120 Å². The van der Waals surface area contributed by atoms with E-state index in [0.717, 1.165) is 31.7 Å². The van der Waals surface area contributed by atoms with Gasteiger partial charge in [0.25, 0.3) is 0 Å². The van der Waals surface area contributed by atoms with Crippen LogP contribution < -0.4 is 0 Å². The van der Waals surface area contributed by atoms with E-state index in [9.17, 15) is 9.59 Å². The average Bonchev–Trinajstić information content (AvgIpc) is 2.38. The number of hydrogen-bond donors (Lipinski definition) is 0. The van der Waals surface area contributed by atoms with Crippen molar-refractivity contribution in [2.45, 2.75) is 20.3 Å². The summed E-state index contributed by atoms with van der Waals surface area (Å²) in [4.78, 5) is 27.3. The van der Waals surface area contributed by atoms with Gasteiger partial charge in [-0.25, -0.2) is 0 Å². The molecule has 1 aromatic rings. The number of rotatable bonds is 4. The zero-order valence-corrected chi connectivity index (χ0v) is 12.3. The number of Topliss-reactive ketones (excluding diaryl/α,β-unsaturated/α-hetero) is 1. The summed E-state index contributed by atoms with van der Waals surface area (Å²) < 4.78 is 0. The molecule has 0 spiro atoms. The Morgan fingerprint density at radius 1 is 1.15 bits per heavy atom. The van der Waals surface area contributed by atoms with Crippen LogP contribution in [-0.4, -0.2) is 54.2 Å². The molecule has 108 valence electrons. The van der Waals surface area contributed by atoms with Gasteiger partial charge in [-0.3, -0.25) is 14.5 Å². The van der Waals surface area contributed by atoms with Crippen LogP contribution in [0.25, 0.3) is 0 Å². The van der Waals surface area contributed by atoms with Crippen LogP contribution in [0.1, 0.15) is 18.1 Å². The molecule has 2 rings (SSSR count). The number of ketones is 1. The molecule has 0 saturated carbocycles. The average molecular weight is 274 g/mol. The fourth-order valence-electron chi connectivity index (χ4n) is 2.58. The smallest absolute Gasteiger partial charge is 0.227 e. The van der Waals surface area contributed by atoms with Gasteiger partial charge in [0.1, 0.15) is 5.78 Å². The molecule has 0 aromatic heterocycles. The van der Waals surface area contributed by atoms with Gasteiger partial charge in [-0.05, 0) is 19.4 Å². The number of carbonyl (C=O) groups excluding carboxylic acids is 2. The summed E-state index contributed by atoms with van der Waals surface area (Å²) in [5, 5.41) is 0. The number of aryl methyl sites for hydroxylation is 1. The van der Waals surface area contributed by atoms with Crippen molar-refractivity contribution < 1.29 is 9.59 Å². The fourth-order valence-corrected chi connectivity index (χ4v) is 2.58. The summed E-state index contributed by atoms with van der Waals surface area (Å²) in [6, 6.07) is 8.08. The topological polar surface area (TPSA) is 40.6 Å². The maximum absolute atomic E-state index is 12.2. The number of nitrogens with zero attached hydrogens (tertiary/aromatic N) is 2. The fraction of sp³-hybridized carbons (Fsp3) is 0.500. The molecule has 1 heterocycles. The van der Waals surface area contributed by atoms with Gasteiger partial charge >= 0.3 is 0 Å². The van der Waals surface area contributed by atoms with Crippen molar-refractivity contribution in [2.24, 2.45) is 0 Å². The Balaban J connectivity index is 1.84. The molecular weight excluding hydrogens is 252 g/mol. The van der Waals surface area contributed by atoms with E-state index in [1.54, 1.807) is 6.92 Å². The molecule has 0 bridgehead atoms. The zero-order valence-electron chi connectivity index (χ0n) is 12.3. The molecule has 0 N–H and O–H groups in total. The molecule has 1 amide bonds. The lowest BCUT2D eigenvalue weighted by atomic mass is 10.1. The Morgan fingerprint density at radius 2 is 1.85 bits per heavy atom. The van der Waals surface area contributed by atoms with Gasteiger partial charge in [0, 0.05) is 26.2 Å². The van der Waals surface area contributed by atoms with E-state index in [2.05, 4.69) is 11.0 Å². The minimum Gasteiger partial charge on any atom is -0.340 e. The van der Waals surface area contributed by atoms with Crippen LogP contribution in [0.15, 0.2) is 24.3 Å². The van der Waals surface area contributed by atoms with Crippen molar-refractivity contribution in [1.82, 2.24) is 9.80 Å². The van der Waals surface area contributed by atoms with E-state index in [1.807, 2.05) is 30.0 Å². The molecule has 1 fully saturated rings. The number of carbonyl (C=O) groups is 2. The molecule has 1 aliphatic heterocycles. The zero-order chi connectivity index (χ0) is 14.5. The van der Waals surface area contributed by atoms with Crippen molar-refractivity contribution in [3.63, 3.8) is 0 Å². The summed E-state index contributed by atoms with van der Waals surface area (Å²) in [7, 11) is 0. The highest BCUT2D eigenvalue weighted by molar-refractivity contribution is 5.79. The van der Waals surface area contributed by atoms with Gasteiger partial charge in [-0.1, -0.05) is 29.8 Å². The van der Waals surface area contributed by atoms with Crippen molar-refractivity contribution in [3.8, 4) is 0 Å². The van der Waals surface area contributed by atoms with Gasteiger partial charge in [-0.2, -0.15) is 0 Å². The van der Waals surface area contributed by atoms with Crippen LogP contribution >= 0.6 is 0 Å². The van der Waals surface area contributed by atoms with E-state index in [1.165, 1.54) is 5.56 Å². The van der Waals surface area contributed by atoms with Crippen LogP contribution in [0.3, 0.4) is 0 Å². The Hall–Kier alpha value is -1.68. The van der Waals surface area contributed by atoms with E-state index in [4.69, 9.17) is 0 Å². The second-order valence-electron chi connectivity index (χ2n) is 5.52. The second-order valence-corrected chi connectivity index (χ2v) is 5.52. The highest BCUT2D eigenvalue weighted by Gasteiger charge is 2.21. The third-order valence-corrected chi connectivity index (χ3v) is 3.61. The van der Waals surface area contributed by atoms with E-state index >= 15 is 0 Å². The minimum atomic E-state index is 0.179. The molecule has 1 aromatic carbocycles. The van der Waals surface area contributed by atoms with Crippen LogP contribution in [0.5, 0.6) is 0 Å². The monoisotopic (exact) mass is 274 g/mol. The first kappa shape index (κ1) is 14.7. The lowest BCUT2D eigenvalue weighted by Gasteiger charge is -2.34. The van der Waals surface area contributed by atoms with Gasteiger partial charge in [0.2, 0.25) is 5.91 Å². The Kier molecular flexibility index (Phi) is 4.90.